The fourth-order valence-corrected chi connectivity index (χ4v) is 3.65. The number of carbonyl (C=O) groups excluding carboxylic acids is 1. The first-order valence-electron chi connectivity index (χ1n) is 9.70. The monoisotopic (exact) mass is 381 g/mol. The van der Waals surface area contributed by atoms with E-state index in [1.54, 1.807) is 18.2 Å². The predicted octanol–water partition coefficient (Wildman–Crippen LogP) is 5.23. The van der Waals surface area contributed by atoms with Gasteiger partial charge in [0.25, 0.3) is 0 Å². The number of ether oxygens (including phenoxy) is 2. The average Bonchev–Trinajstić information content (AvgIpc) is 2.73. The van der Waals surface area contributed by atoms with Crippen LogP contribution in [-0.2, 0) is 4.74 Å². The molecule has 0 saturated heterocycles. The highest BCUT2D eigenvalue weighted by Crippen LogP contribution is 2.36. The fourth-order valence-electron chi connectivity index (χ4n) is 3.65. The summed E-state index contributed by atoms with van der Waals surface area (Å²) in [6, 6.07) is 12.9. The molecule has 0 aliphatic heterocycles. The van der Waals surface area contributed by atoms with E-state index >= 15 is 0 Å². The Balaban J connectivity index is 1.57. The Morgan fingerprint density at radius 1 is 1.14 bits per heavy atom. The quantitative estimate of drug-likeness (QED) is 0.508. The van der Waals surface area contributed by atoms with E-state index in [4.69, 9.17) is 14.7 Å². The molecule has 0 spiro atoms. The minimum absolute atomic E-state index is 0.0817. The molecule has 0 unspecified atom stereocenters. The van der Waals surface area contributed by atoms with E-state index in [2.05, 4.69) is 0 Å². The highest BCUT2D eigenvalue weighted by atomic mass is 19.1. The number of nitrogens with zero attached hydrogens (tertiary/aromatic N) is 1. The highest BCUT2D eigenvalue weighted by molar-refractivity contribution is 5.91. The van der Waals surface area contributed by atoms with Gasteiger partial charge in [-0.05, 0) is 74.3 Å². The molecule has 0 heterocycles. The Hall–Kier alpha value is -2.71. The van der Waals surface area contributed by atoms with E-state index in [1.807, 2.05) is 19.1 Å². The average molecular weight is 381 g/mol. The smallest absolute Gasteiger partial charge is 0.343 e. The van der Waals surface area contributed by atoms with Crippen molar-refractivity contribution in [3.63, 3.8) is 0 Å². The molecule has 0 atom stereocenters. The topological polar surface area (TPSA) is 59.3 Å². The molecule has 4 nitrogen and oxygen atoms in total. The minimum atomic E-state index is -0.705. The molecule has 0 aromatic heterocycles. The third-order valence-corrected chi connectivity index (χ3v) is 5.29. The number of esters is 1. The summed E-state index contributed by atoms with van der Waals surface area (Å²) in [5.41, 5.74) is 1.56. The number of nitriles is 1. The second-order valence-corrected chi connectivity index (χ2v) is 7.14. The zero-order valence-electron chi connectivity index (χ0n) is 16.0. The van der Waals surface area contributed by atoms with Gasteiger partial charge in [-0.3, -0.25) is 0 Å². The van der Waals surface area contributed by atoms with Crippen molar-refractivity contribution >= 4 is 5.97 Å². The molecule has 0 N–H and O–H groups in total. The summed E-state index contributed by atoms with van der Waals surface area (Å²) in [5, 5.41) is 8.75. The van der Waals surface area contributed by atoms with Crippen LogP contribution in [0.25, 0.3) is 0 Å². The SMILES string of the molecule is CCOCC1CCC(c2ccc(C(=O)Oc3ccc(C#N)c(F)c3)cc2)CC1. The minimum Gasteiger partial charge on any atom is -0.423 e. The van der Waals surface area contributed by atoms with Crippen LogP contribution < -0.4 is 4.74 Å². The second-order valence-electron chi connectivity index (χ2n) is 7.14. The maximum absolute atomic E-state index is 13.6. The van der Waals surface area contributed by atoms with E-state index in [9.17, 15) is 9.18 Å². The summed E-state index contributed by atoms with van der Waals surface area (Å²) in [6.45, 7) is 3.65. The maximum atomic E-state index is 13.6. The summed E-state index contributed by atoms with van der Waals surface area (Å²) in [6.07, 6.45) is 4.59. The molecular formula is C23H24FNO3. The fraction of sp³-hybridized carbons (Fsp3) is 0.391. The van der Waals surface area contributed by atoms with Crippen molar-refractivity contribution in [2.75, 3.05) is 13.2 Å². The zero-order chi connectivity index (χ0) is 19.9. The van der Waals surface area contributed by atoms with Crippen LogP contribution in [0.1, 0.15) is 60.0 Å². The molecule has 146 valence electrons. The van der Waals surface area contributed by atoms with Crippen LogP contribution in [0.4, 0.5) is 4.39 Å². The van der Waals surface area contributed by atoms with Gasteiger partial charge in [0.1, 0.15) is 17.6 Å². The molecule has 2 aromatic rings. The Morgan fingerprint density at radius 3 is 2.46 bits per heavy atom. The molecule has 0 amide bonds. The van der Waals surface area contributed by atoms with Gasteiger partial charge in [0.2, 0.25) is 0 Å². The summed E-state index contributed by atoms with van der Waals surface area (Å²) in [4.78, 5) is 12.3. The molecule has 5 heteroatoms. The molecule has 1 fully saturated rings. The number of hydrogen-bond acceptors (Lipinski definition) is 4. The Labute approximate surface area is 164 Å². The molecule has 3 rings (SSSR count). The molecule has 2 aromatic carbocycles. The summed E-state index contributed by atoms with van der Waals surface area (Å²) in [7, 11) is 0. The maximum Gasteiger partial charge on any atom is 0.343 e. The van der Waals surface area contributed by atoms with E-state index in [-0.39, 0.29) is 11.3 Å². The Morgan fingerprint density at radius 2 is 1.86 bits per heavy atom. The van der Waals surface area contributed by atoms with Crippen LogP contribution in [0.2, 0.25) is 0 Å². The zero-order valence-corrected chi connectivity index (χ0v) is 16.0. The molecule has 0 radical (unpaired) electrons. The first-order valence-corrected chi connectivity index (χ1v) is 9.70. The van der Waals surface area contributed by atoms with Gasteiger partial charge < -0.3 is 9.47 Å². The lowest BCUT2D eigenvalue weighted by atomic mass is 9.79. The largest absolute Gasteiger partial charge is 0.423 e. The third-order valence-electron chi connectivity index (χ3n) is 5.29. The highest BCUT2D eigenvalue weighted by Gasteiger charge is 2.22. The van der Waals surface area contributed by atoms with E-state index in [0.29, 0.717) is 17.4 Å². The van der Waals surface area contributed by atoms with Crippen molar-refractivity contribution in [2.24, 2.45) is 5.92 Å². The van der Waals surface area contributed by atoms with Gasteiger partial charge in [0, 0.05) is 19.3 Å². The molecule has 1 aliphatic carbocycles. The number of hydrogen-bond donors (Lipinski definition) is 0. The van der Waals surface area contributed by atoms with Crippen LogP contribution in [0.15, 0.2) is 42.5 Å². The number of halogens is 1. The van der Waals surface area contributed by atoms with Crippen molar-refractivity contribution in [2.45, 2.75) is 38.5 Å². The van der Waals surface area contributed by atoms with Gasteiger partial charge in [-0.15, -0.1) is 0 Å². The molecule has 1 saturated carbocycles. The number of rotatable bonds is 6. The van der Waals surface area contributed by atoms with Crippen LogP contribution in [-0.4, -0.2) is 19.2 Å². The first kappa shape index (κ1) is 20.0. The second kappa shape index (κ2) is 9.48. The number of benzene rings is 2. The van der Waals surface area contributed by atoms with E-state index in [0.717, 1.165) is 32.1 Å². The van der Waals surface area contributed by atoms with Crippen LogP contribution in [0, 0.1) is 23.1 Å². The summed E-state index contributed by atoms with van der Waals surface area (Å²) >= 11 is 0. The van der Waals surface area contributed by atoms with Crippen LogP contribution in [0.5, 0.6) is 5.75 Å². The van der Waals surface area contributed by atoms with E-state index in [1.165, 1.54) is 30.5 Å². The summed E-state index contributed by atoms with van der Waals surface area (Å²) < 4.78 is 24.4. The molecular weight excluding hydrogens is 357 g/mol. The van der Waals surface area contributed by atoms with Gasteiger partial charge in [-0.1, -0.05) is 12.1 Å². The predicted molar refractivity (Wildman–Crippen MR) is 104 cm³/mol. The number of carbonyl (C=O) groups is 1. The van der Waals surface area contributed by atoms with Crippen LogP contribution in [0.3, 0.4) is 0 Å². The van der Waals surface area contributed by atoms with Crippen molar-refractivity contribution in [1.29, 1.82) is 5.26 Å². The van der Waals surface area contributed by atoms with E-state index < -0.39 is 11.8 Å². The lowest BCUT2D eigenvalue weighted by Gasteiger charge is -2.28. The van der Waals surface area contributed by atoms with Crippen molar-refractivity contribution in [3.8, 4) is 11.8 Å². The Kier molecular flexibility index (Phi) is 6.78. The van der Waals surface area contributed by atoms with Gasteiger partial charge >= 0.3 is 5.97 Å². The standard InChI is InChI=1S/C23H24FNO3/c1-2-27-15-16-3-5-17(6-4-16)18-7-9-19(10-8-18)23(26)28-21-12-11-20(14-25)22(24)13-21/h7-13,16-17H,2-6,15H2,1H3. The van der Waals surface area contributed by atoms with Crippen molar-refractivity contribution in [1.82, 2.24) is 0 Å². The van der Waals surface area contributed by atoms with Gasteiger partial charge in [0.15, 0.2) is 0 Å². The molecule has 28 heavy (non-hydrogen) atoms. The third kappa shape index (κ3) is 4.96. The van der Waals surface area contributed by atoms with Crippen molar-refractivity contribution < 1.29 is 18.7 Å². The van der Waals surface area contributed by atoms with Gasteiger partial charge in [-0.2, -0.15) is 5.26 Å². The first-order chi connectivity index (χ1) is 13.6. The lowest BCUT2D eigenvalue weighted by molar-refractivity contribution is 0.0734. The lowest BCUT2D eigenvalue weighted by Crippen LogP contribution is -2.18. The van der Waals surface area contributed by atoms with Crippen LogP contribution >= 0.6 is 0 Å². The summed E-state index contributed by atoms with van der Waals surface area (Å²) in [5.74, 6) is -0.00815. The van der Waals surface area contributed by atoms with Gasteiger partial charge in [-0.25, -0.2) is 9.18 Å². The molecule has 1 aliphatic rings. The van der Waals surface area contributed by atoms with Gasteiger partial charge in [0.05, 0.1) is 11.1 Å². The normalized spacial score (nSPS) is 19.0. The van der Waals surface area contributed by atoms with Crippen molar-refractivity contribution in [3.05, 3.63) is 65.0 Å². The Bertz CT molecular complexity index is 849. The molecule has 0 bridgehead atoms.